The van der Waals surface area contributed by atoms with Gasteiger partial charge in [-0.3, -0.25) is 5.32 Å². The van der Waals surface area contributed by atoms with Crippen LogP contribution in [0, 0.1) is 12.7 Å². The summed E-state index contributed by atoms with van der Waals surface area (Å²) in [6.07, 6.45) is 0.750. The van der Waals surface area contributed by atoms with Crippen LogP contribution in [0.1, 0.15) is 24.6 Å². The first kappa shape index (κ1) is 17.9. The molecule has 0 aliphatic carbocycles. The predicted octanol–water partition coefficient (Wildman–Crippen LogP) is 2.32. The lowest BCUT2D eigenvalue weighted by Crippen LogP contribution is -2.40. The number of benzene rings is 1. The van der Waals surface area contributed by atoms with Crippen molar-refractivity contribution >= 4 is 11.8 Å². The molecular weight excluding hydrogens is 313 g/mol. The fraction of sp³-hybridized carbons (Fsp3) is 0.438. The lowest BCUT2D eigenvalue weighted by atomic mass is 10.2. The van der Waals surface area contributed by atoms with Gasteiger partial charge in [0.25, 0.3) is 0 Å². The van der Waals surface area contributed by atoms with Gasteiger partial charge in [0.1, 0.15) is 5.82 Å². The number of anilines is 1. The van der Waals surface area contributed by atoms with Crippen LogP contribution in [-0.4, -0.2) is 40.8 Å². The van der Waals surface area contributed by atoms with Gasteiger partial charge in [0.15, 0.2) is 5.82 Å². The Balaban J connectivity index is 2.02. The largest absolute Gasteiger partial charge is 0.383 e. The van der Waals surface area contributed by atoms with Crippen molar-refractivity contribution in [1.29, 1.82) is 0 Å². The molecule has 130 valence electrons. The van der Waals surface area contributed by atoms with E-state index in [4.69, 9.17) is 4.74 Å². The molecule has 2 N–H and O–H groups in total. The Labute approximate surface area is 140 Å². The van der Waals surface area contributed by atoms with E-state index in [1.807, 2.05) is 6.92 Å². The van der Waals surface area contributed by atoms with Crippen LogP contribution in [0.25, 0.3) is 0 Å². The molecule has 1 atom stereocenters. The number of aromatic nitrogens is 3. The number of hydrogen-bond acceptors (Lipinski definition) is 4. The third kappa shape index (κ3) is 4.51. The van der Waals surface area contributed by atoms with Crippen LogP contribution in [0.15, 0.2) is 24.3 Å². The molecule has 1 aromatic carbocycles. The van der Waals surface area contributed by atoms with Gasteiger partial charge in [-0.25, -0.2) is 13.9 Å². The van der Waals surface area contributed by atoms with Crippen molar-refractivity contribution < 1.29 is 13.9 Å². The average molecular weight is 335 g/mol. The molecule has 0 aliphatic heterocycles. The maximum Gasteiger partial charge on any atom is 0.320 e. The molecule has 0 radical (unpaired) electrons. The maximum atomic E-state index is 13.7. The van der Waals surface area contributed by atoms with Crippen LogP contribution >= 0.6 is 0 Å². The van der Waals surface area contributed by atoms with Crippen molar-refractivity contribution in [3.63, 3.8) is 0 Å². The number of carbonyl (C=O) groups excluding carboxylic acids is 1. The van der Waals surface area contributed by atoms with E-state index in [0.29, 0.717) is 23.7 Å². The number of rotatable bonds is 7. The topological polar surface area (TPSA) is 81.1 Å². The minimum absolute atomic E-state index is 0.0798. The summed E-state index contributed by atoms with van der Waals surface area (Å²) in [7, 11) is 1.58. The fourth-order valence-corrected chi connectivity index (χ4v) is 2.21. The Bertz CT molecular complexity index is 689. The number of hydrogen-bond donors (Lipinski definition) is 2. The van der Waals surface area contributed by atoms with Crippen LogP contribution in [0.5, 0.6) is 0 Å². The summed E-state index contributed by atoms with van der Waals surface area (Å²) >= 11 is 0. The lowest BCUT2D eigenvalue weighted by Gasteiger charge is -2.15. The number of amides is 2. The molecule has 0 bridgehead atoms. The zero-order valence-electron chi connectivity index (χ0n) is 14.0. The van der Waals surface area contributed by atoms with Gasteiger partial charge in [-0.2, -0.15) is 0 Å². The highest BCUT2D eigenvalue weighted by molar-refractivity contribution is 5.88. The third-order valence-electron chi connectivity index (χ3n) is 3.69. The Morgan fingerprint density at radius 3 is 2.83 bits per heavy atom. The molecule has 2 amide bonds. The first-order chi connectivity index (χ1) is 11.5. The summed E-state index contributed by atoms with van der Waals surface area (Å²) in [5.41, 5.74) is 1.15. The molecule has 0 spiro atoms. The molecule has 0 saturated heterocycles. The fourth-order valence-electron chi connectivity index (χ4n) is 2.21. The number of halogens is 1. The van der Waals surface area contributed by atoms with E-state index in [0.717, 1.165) is 6.42 Å². The molecule has 1 unspecified atom stereocenters. The number of urea groups is 1. The third-order valence-corrected chi connectivity index (χ3v) is 3.69. The average Bonchev–Trinajstić information content (AvgIpc) is 2.89. The summed E-state index contributed by atoms with van der Waals surface area (Å²) in [4.78, 5) is 12.0. The van der Waals surface area contributed by atoms with E-state index >= 15 is 0 Å². The van der Waals surface area contributed by atoms with E-state index in [1.165, 1.54) is 6.07 Å². The van der Waals surface area contributed by atoms with Gasteiger partial charge in [-0.15, -0.1) is 5.10 Å². The summed E-state index contributed by atoms with van der Waals surface area (Å²) in [5, 5.41) is 13.4. The second-order valence-corrected chi connectivity index (χ2v) is 5.43. The van der Waals surface area contributed by atoms with Crippen LogP contribution in [-0.2, 0) is 11.3 Å². The summed E-state index contributed by atoms with van der Waals surface area (Å²) in [5.74, 6) is 0.0427. The molecule has 1 heterocycles. The zero-order chi connectivity index (χ0) is 17.5. The minimum atomic E-state index is -0.375. The molecule has 2 rings (SSSR count). The number of nitrogens with one attached hydrogen (secondary N) is 2. The molecule has 24 heavy (non-hydrogen) atoms. The molecule has 0 aliphatic rings. The molecule has 7 nitrogen and oxygen atoms in total. The van der Waals surface area contributed by atoms with Crippen LogP contribution < -0.4 is 10.6 Å². The summed E-state index contributed by atoms with van der Waals surface area (Å²) < 4.78 is 20.3. The SMILES string of the molecule is CCC(COC)NC(=O)Nc1nnn(Cc2ccccc2F)c1C. The van der Waals surface area contributed by atoms with Crippen molar-refractivity contribution in [2.75, 3.05) is 19.0 Å². The first-order valence-electron chi connectivity index (χ1n) is 7.75. The van der Waals surface area contributed by atoms with Gasteiger partial charge in [0.05, 0.1) is 24.9 Å². The van der Waals surface area contributed by atoms with Crippen LogP contribution in [0.3, 0.4) is 0 Å². The Hall–Kier alpha value is -2.48. The first-order valence-corrected chi connectivity index (χ1v) is 7.75. The Kier molecular flexibility index (Phi) is 6.25. The monoisotopic (exact) mass is 335 g/mol. The number of methoxy groups -OCH3 is 1. The van der Waals surface area contributed by atoms with Gasteiger partial charge in [0, 0.05) is 12.7 Å². The van der Waals surface area contributed by atoms with Gasteiger partial charge < -0.3 is 10.1 Å². The van der Waals surface area contributed by atoms with Crippen molar-refractivity contribution in [2.45, 2.75) is 32.9 Å². The highest BCUT2D eigenvalue weighted by Crippen LogP contribution is 2.14. The van der Waals surface area contributed by atoms with Crippen molar-refractivity contribution in [1.82, 2.24) is 20.3 Å². The van der Waals surface area contributed by atoms with Crippen molar-refractivity contribution in [3.8, 4) is 0 Å². The molecule has 0 saturated carbocycles. The summed E-state index contributed by atoms with van der Waals surface area (Å²) in [6, 6.07) is 6.03. The van der Waals surface area contributed by atoms with E-state index in [-0.39, 0.29) is 24.4 Å². The molecular formula is C16H22FN5O2. The van der Waals surface area contributed by atoms with E-state index < -0.39 is 0 Å². The molecule has 1 aromatic heterocycles. The summed E-state index contributed by atoms with van der Waals surface area (Å²) in [6.45, 7) is 4.40. The molecule has 8 heteroatoms. The van der Waals surface area contributed by atoms with Gasteiger partial charge in [-0.1, -0.05) is 30.3 Å². The number of nitrogens with zero attached hydrogens (tertiary/aromatic N) is 3. The number of carbonyl (C=O) groups is 1. The van der Waals surface area contributed by atoms with Gasteiger partial charge >= 0.3 is 6.03 Å². The lowest BCUT2D eigenvalue weighted by molar-refractivity contribution is 0.165. The van der Waals surface area contributed by atoms with Crippen LogP contribution in [0.4, 0.5) is 15.0 Å². The molecule has 0 fully saturated rings. The second-order valence-electron chi connectivity index (χ2n) is 5.43. The van der Waals surface area contributed by atoms with Gasteiger partial charge in [0.2, 0.25) is 0 Å². The second kappa shape index (κ2) is 8.39. The van der Waals surface area contributed by atoms with E-state index in [2.05, 4.69) is 20.9 Å². The highest BCUT2D eigenvalue weighted by atomic mass is 19.1. The van der Waals surface area contributed by atoms with Gasteiger partial charge in [-0.05, 0) is 19.4 Å². The minimum Gasteiger partial charge on any atom is -0.383 e. The van der Waals surface area contributed by atoms with Crippen LogP contribution in [0.2, 0.25) is 0 Å². The normalized spacial score (nSPS) is 12.0. The van der Waals surface area contributed by atoms with E-state index in [1.54, 1.807) is 36.9 Å². The smallest absolute Gasteiger partial charge is 0.320 e. The zero-order valence-corrected chi connectivity index (χ0v) is 14.0. The van der Waals surface area contributed by atoms with E-state index in [9.17, 15) is 9.18 Å². The maximum absolute atomic E-state index is 13.7. The standard InChI is InChI=1S/C16H22FN5O2/c1-4-13(10-24-3)18-16(23)19-15-11(2)22(21-20-15)9-12-7-5-6-8-14(12)17/h5-8,13H,4,9-10H2,1-3H3,(H2,18,19,23). The molecule has 2 aromatic rings. The van der Waals surface area contributed by atoms with Crippen molar-refractivity contribution in [2.24, 2.45) is 0 Å². The predicted molar refractivity (Wildman–Crippen MR) is 88.4 cm³/mol. The quantitative estimate of drug-likeness (QED) is 0.814. The Morgan fingerprint density at radius 1 is 1.42 bits per heavy atom. The Morgan fingerprint density at radius 2 is 2.17 bits per heavy atom. The number of ether oxygens (including phenoxy) is 1. The van der Waals surface area contributed by atoms with Crippen molar-refractivity contribution in [3.05, 3.63) is 41.3 Å². The highest BCUT2D eigenvalue weighted by Gasteiger charge is 2.15.